The Morgan fingerprint density at radius 1 is 1.14 bits per heavy atom. The van der Waals surface area contributed by atoms with Crippen molar-refractivity contribution >= 4 is 25.9 Å². The van der Waals surface area contributed by atoms with Gasteiger partial charge in [0.05, 0.1) is 10.6 Å². The van der Waals surface area contributed by atoms with Crippen LogP contribution < -0.4 is 14.6 Å². The number of nitrogens with two attached hydrogens (primary N) is 1. The van der Waals surface area contributed by atoms with E-state index < -0.39 is 49.4 Å². The summed E-state index contributed by atoms with van der Waals surface area (Å²) in [5.74, 6) is -1.32. The molecule has 0 aliphatic rings. The van der Waals surface area contributed by atoms with Gasteiger partial charge in [0.15, 0.2) is 0 Å². The number of nitrogens with one attached hydrogen (secondary N) is 2. The number of halogens is 4. The van der Waals surface area contributed by atoms with E-state index in [1.54, 1.807) is 0 Å². The highest BCUT2D eigenvalue weighted by atomic mass is 32.2. The van der Waals surface area contributed by atoms with Crippen molar-refractivity contribution in [2.45, 2.75) is 11.1 Å². The first-order chi connectivity index (χ1) is 9.30. The molecule has 4 N–H and O–H groups in total. The van der Waals surface area contributed by atoms with E-state index in [0.29, 0.717) is 12.1 Å². The number of hydrogen-bond acceptors (Lipinski definition) is 4. The lowest BCUT2D eigenvalue weighted by atomic mass is 10.3. The summed E-state index contributed by atoms with van der Waals surface area (Å²) in [5.41, 5.74) is -0.739. The Balaban J connectivity index is 2.94. The first-order valence-corrected chi connectivity index (χ1v) is 8.00. The minimum absolute atomic E-state index is 0.428. The minimum atomic E-state index is -4.79. The Morgan fingerprint density at radius 3 is 2.14 bits per heavy atom. The Kier molecular flexibility index (Phi) is 4.82. The van der Waals surface area contributed by atoms with E-state index in [-0.39, 0.29) is 0 Å². The molecule has 0 amide bonds. The quantitative estimate of drug-likeness (QED) is 0.660. The van der Waals surface area contributed by atoms with E-state index in [9.17, 15) is 34.4 Å². The molecule has 0 aliphatic heterocycles. The molecule has 0 aliphatic carbocycles. The molecular weight excluding hydrogens is 342 g/mol. The third-order valence-electron chi connectivity index (χ3n) is 1.98. The lowest BCUT2D eigenvalue weighted by Gasteiger charge is -2.12. The first-order valence-electron chi connectivity index (χ1n) is 4.97. The van der Waals surface area contributed by atoms with Crippen LogP contribution in [-0.2, 0) is 20.2 Å². The molecule has 13 heteroatoms. The maximum Gasteiger partial charge on any atom is 0.402 e. The average Bonchev–Trinajstić information content (AvgIpc) is 2.27. The van der Waals surface area contributed by atoms with Crippen molar-refractivity contribution in [2.75, 3.05) is 11.3 Å². The molecule has 0 spiro atoms. The summed E-state index contributed by atoms with van der Waals surface area (Å²) in [6.45, 7) is -1.85. The van der Waals surface area contributed by atoms with Crippen molar-refractivity contribution in [3.63, 3.8) is 0 Å². The van der Waals surface area contributed by atoms with Gasteiger partial charge in [-0.05, 0) is 18.2 Å². The normalized spacial score (nSPS) is 13.2. The number of benzene rings is 1. The molecule has 0 bridgehead atoms. The fourth-order valence-electron chi connectivity index (χ4n) is 1.11. The maximum atomic E-state index is 13.5. The van der Waals surface area contributed by atoms with Gasteiger partial charge in [-0.25, -0.2) is 17.9 Å². The molecule has 0 unspecified atom stereocenters. The lowest BCUT2D eigenvalue weighted by Crippen LogP contribution is -2.37. The van der Waals surface area contributed by atoms with Gasteiger partial charge >= 0.3 is 6.18 Å². The van der Waals surface area contributed by atoms with Crippen molar-refractivity contribution in [1.82, 2.24) is 4.72 Å². The summed E-state index contributed by atoms with van der Waals surface area (Å²) in [7, 11) is -8.88. The van der Waals surface area contributed by atoms with Crippen LogP contribution in [0.4, 0.5) is 23.2 Å². The average molecular weight is 351 g/mol. The molecule has 0 aromatic heterocycles. The van der Waals surface area contributed by atoms with Crippen LogP contribution in [0.5, 0.6) is 0 Å². The van der Waals surface area contributed by atoms with Gasteiger partial charge in [0, 0.05) is 0 Å². The zero-order valence-corrected chi connectivity index (χ0v) is 11.6. The van der Waals surface area contributed by atoms with Crippen molar-refractivity contribution in [1.29, 1.82) is 0 Å². The summed E-state index contributed by atoms with van der Waals surface area (Å²) in [6.07, 6.45) is -4.79. The second-order valence-corrected chi connectivity index (χ2v) is 6.79. The molecule has 1 rings (SSSR count). The second kappa shape index (κ2) is 5.75. The predicted molar refractivity (Wildman–Crippen MR) is 64.4 cm³/mol. The molecule has 120 valence electrons. The van der Waals surface area contributed by atoms with E-state index in [0.717, 1.165) is 10.8 Å². The number of anilines is 1. The van der Waals surface area contributed by atoms with Crippen molar-refractivity contribution in [2.24, 2.45) is 5.14 Å². The molecule has 7 nitrogen and oxygen atoms in total. The van der Waals surface area contributed by atoms with Gasteiger partial charge in [-0.3, -0.25) is 4.72 Å². The molecule has 0 heterocycles. The van der Waals surface area contributed by atoms with Gasteiger partial charge in [0.25, 0.3) is 10.2 Å². The van der Waals surface area contributed by atoms with E-state index in [2.05, 4.69) is 0 Å². The first kappa shape index (κ1) is 17.6. The summed E-state index contributed by atoms with van der Waals surface area (Å²) >= 11 is 0. The third kappa shape index (κ3) is 5.82. The highest BCUT2D eigenvalue weighted by Crippen LogP contribution is 2.19. The summed E-state index contributed by atoms with van der Waals surface area (Å²) in [6, 6.07) is 1.93. The van der Waals surface area contributed by atoms with E-state index in [1.165, 1.54) is 4.72 Å². The number of sulfonamides is 1. The smallest absolute Gasteiger partial charge is 0.268 e. The Bertz CT molecular complexity index is 730. The zero-order chi connectivity index (χ0) is 16.5. The topological polar surface area (TPSA) is 118 Å². The standard InChI is InChI=1S/C8H9F4N3O4S2/c9-6-3-5(20(13,16)17)1-2-7(6)15-21(18,19)14-4-8(10,11)12/h1-3,14-15H,4H2,(H2,13,16,17). The van der Waals surface area contributed by atoms with Gasteiger partial charge in [0.2, 0.25) is 10.0 Å². The number of hydrogen-bond donors (Lipinski definition) is 3. The third-order valence-corrected chi connectivity index (χ3v) is 3.90. The largest absolute Gasteiger partial charge is 0.402 e. The SMILES string of the molecule is NS(=O)(=O)c1ccc(NS(=O)(=O)NCC(F)(F)F)c(F)c1. The molecule has 21 heavy (non-hydrogen) atoms. The zero-order valence-electron chi connectivity index (χ0n) is 9.98. The molecule has 0 saturated carbocycles. The van der Waals surface area contributed by atoms with Crippen LogP contribution in [0.15, 0.2) is 23.1 Å². The highest BCUT2D eigenvalue weighted by molar-refractivity contribution is 7.90. The summed E-state index contributed by atoms with van der Waals surface area (Å²) in [4.78, 5) is -0.619. The summed E-state index contributed by atoms with van der Waals surface area (Å²) < 4.78 is 96.1. The number of primary sulfonamides is 1. The van der Waals surface area contributed by atoms with Gasteiger partial charge in [-0.15, -0.1) is 0 Å². The maximum absolute atomic E-state index is 13.5. The van der Waals surface area contributed by atoms with Crippen LogP contribution in [0.1, 0.15) is 0 Å². The van der Waals surface area contributed by atoms with Crippen molar-refractivity contribution < 1.29 is 34.4 Å². The van der Waals surface area contributed by atoms with Crippen LogP contribution in [0, 0.1) is 5.82 Å². The number of alkyl halides is 3. The minimum Gasteiger partial charge on any atom is -0.268 e. The molecule has 0 fully saturated rings. The van der Waals surface area contributed by atoms with Gasteiger partial charge in [0.1, 0.15) is 12.4 Å². The van der Waals surface area contributed by atoms with Crippen LogP contribution in [0.2, 0.25) is 0 Å². The molecule has 1 aromatic carbocycles. The Hall–Kier alpha value is -1.44. The van der Waals surface area contributed by atoms with Crippen LogP contribution in [-0.4, -0.2) is 29.6 Å². The fraction of sp³-hybridized carbons (Fsp3) is 0.250. The molecule has 0 atom stereocenters. The molecule has 0 saturated heterocycles. The molecule has 0 radical (unpaired) electrons. The molecule has 1 aromatic rings. The fourth-order valence-corrected chi connectivity index (χ4v) is 2.52. The molecular formula is C8H9F4N3O4S2. The van der Waals surface area contributed by atoms with Crippen LogP contribution in [0.3, 0.4) is 0 Å². The van der Waals surface area contributed by atoms with Crippen LogP contribution in [0.25, 0.3) is 0 Å². The number of rotatable bonds is 5. The van der Waals surface area contributed by atoms with Crippen molar-refractivity contribution in [3.05, 3.63) is 24.0 Å². The monoisotopic (exact) mass is 351 g/mol. The van der Waals surface area contributed by atoms with E-state index in [1.807, 2.05) is 0 Å². The second-order valence-electron chi connectivity index (χ2n) is 3.73. The predicted octanol–water partition coefficient (Wildman–Crippen LogP) is 0.282. The van der Waals surface area contributed by atoms with E-state index >= 15 is 0 Å². The van der Waals surface area contributed by atoms with Gasteiger partial charge in [-0.2, -0.15) is 26.3 Å². The Labute approximate surface area is 117 Å². The Morgan fingerprint density at radius 2 is 1.71 bits per heavy atom. The van der Waals surface area contributed by atoms with Crippen molar-refractivity contribution in [3.8, 4) is 0 Å². The summed E-state index contributed by atoms with van der Waals surface area (Å²) in [5, 5.41) is 4.73. The lowest BCUT2D eigenvalue weighted by molar-refractivity contribution is -0.121. The van der Waals surface area contributed by atoms with Crippen LogP contribution >= 0.6 is 0 Å². The van der Waals surface area contributed by atoms with Gasteiger partial charge in [-0.1, -0.05) is 0 Å². The highest BCUT2D eigenvalue weighted by Gasteiger charge is 2.29. The van der Waals surface area contributed by atoms with Gasteiger partial charge < -0.3 is 0 Å². The van der Waals surface area contributed by atoms with E-state index in [4.69, 9.17) is 5.14 Å².